The van der Waals surface area contributed by atoms with E-state index in [1.165, 1.54) is 0 Å². The minimum Gasteiger partial charge on any atom is -0.207 e. The van der Waals surface area contributed by atoms with Crippen molar-refractivity contribution >= 4 is 20.0 Å². The van der Waals surface area contributed by atoms with Crippen LogP contribution in [-0.2, 0) is 20.0 Å². The van der Waals surface area contributed by atoms with Crippen LogP contribution >= 0.6 is 0 Å². The zero-order chi connectivity index (χ0) is 21.8. The van der Waals surface area contributed by atoms with Gasteiger partial charge in [0.15, 0.2) is 22.3 Å². The van der Waals surface area contributed by atoms with Gasteiger partial charge in [-0.2, -0.15) is 26.3 Å². The van der Waals surface area contributed by atoms with Gasteiger partial charge in [0.1, 0.15) is 5.82 Å². The van der Waals surface area contributed by atoms with Gasteiger partial charge in [-0.15, -0.1) is 4.13 Å². The third kappa shape index (κ3) is 3.68. The fraction of sp³-hybridized carbons (Fsp3) is 0.333. The maximum atomic E-state index is 13.5. The highest BCUT2D eigenvalue weighted by molar-refractivity contribution is 8.05. The summed E-state index contributed by atoms with van der Waals surface area (Å²) in [6, 6.07) is -0.712. The van der Waals surface area contributed by atoms with Crippen molar-refractivity contribution in [1.82, 2.24) is 4.13 Å². The standard InChI is InChI=1S/C9H2F11NO4S2/c10-2-1-3(11)6(5(13)4(2)12)26(22,23)21-27(24,25)7(14,8(15,16)17)9(18,19)20/h1,21H. The van der Waals surface area contributed by atoms with Gasteiger partial charge in [0.25, 0.3) is 20.0 Å². The van der Waals surface area contributed by atoms with Crippen LogP contribution in [0.2, 0.25) is 0 Å². The van der Waals surface area contributed by atoms with Crippen LogP contribution in [-0.4, -0.2) is 34.2 Å². The summed E-state index contributed by atoms with van der Waals surface area (Å²) in [4.78, 5) is -2.81. The lowest BCUT2D eigenvalue weighted by molar-refractivity contribution is -0.306. The molecule has 27 heavy (non-hydrogen) atoms. The Balaban J connectivity index is 3.70. The second kappa shape index (κ2) is 6.43. The highest BCUT2D eigenvalue weighted by atomic mass is 32.3. The molecule has 18 heteroatoms. The first-order valence-corrected chi connectivity index (χ1v) is 8.61. The molecule has 0 radical (unpaired) electrons. The Morgan fingerprint density at radius 3 is 1.48 bits per heavy atom. The first kappa shape index (κ1) is 23.3. The second-order valence-electron chi connectivity index (χ2n) is 4.48. The Labute approximate surface area is 141 Å². The molecule has 0 aliphatic heterocycles. The Bertz CT molecular complexity index is 951. The Kier molecular flexibility index (Phi) is 5.56. The number of hydrogen-bond acceptors (Lipinski definition) is 4. The third-order valence-corrected chi connectivity index (χ3v) is 6.53. The molecule has 5 nitrogen and oxygen atoms in total. The van der Waals surface area contributed by atoms with E-state index in [9.17, 15) is 65.1 Å². The quantitative estimate of drug-likeness (QED) is 0.425. The van der Waals surface area contributed by atoms with Crippen LogP contribution < -0.4 is 4.13 Å². The normalized spacial score (nSPS) is 14.5. The van der Waals surface area contributed by atoms with E-state index in [0.717, 1.165) is 0 Å². The molecule has 0 aliphatic rings. The van der Waals surface area contributed by atoms with Crippen LogP contribution in [0.4, 0.5) is 48.3 Å². The largest absolute Gasteiger partial charge is 0.448 e. The Morgan fingerprint density at radius 2 is 1.11 bits per heavy atom. The van der Waals surface area contributed by atoms with Gasteiger partial charge in [0.2, 0.25) is 0 Å². The summed E-state index contributed by atoms with van der Waals surface area (Å²) < 4.78 is 185. The zero-order valence-corrected chi connectivity index (χ0v) is 13.3. The first-order chi connectivity index (χ1) is 11.7. The third-order valence-electron chi connectivity index (χ3n) is 2.66. The lowest BCUT2D eigenvalue weighted by Gasteiger charge is -2.29. The molecule has 1 aromatic carbocycles. The van der Waals surface area contributed by atoms with Crippen LogP contribution in [0.15, 0.2) is 11.0 Å². The molecule has 0 aliphatic carbocycles. The minimum atomic E-state index is -7.70. The molecule has 0 amide bonds. The summed E-state index contributed by atoms with van der Waals surface area (Å²) >= 11 is 0. The average molecular weight is 461 g/mol. The molecule has 0 saturated carbocycles. The fourth-order valence-corrected chi connectivity index (χ4v) is 4.70. The van der Waals surface area contributed by atoms with Gasteiger partial charge in [0, 0.05) is 6.07 Å². The smallest absolute Gasteiger partial charge is 0.207 e. The monoisotopic (exact) mass is 461 g/mol. The predicted molar refractivity (Wildman–Crippen MR) is 61.5 cm³/mol. The Morgan fingerprint density at radius 1 is 0.704 bits per heavy atom. The van der Waals surface area contributed by atoms with Crippen LogP contribution in [0.25, 0.3) is 0 Å². The maximum Gasteiger partial charge on any atom is 0.448 e. The van der Waals surface area contributed by atoms with Crippen molar-refractivity contribution in [3.63, 3.8) is 0 Å². The van der Waals surface area contributed by atoms with Crippen molar-refractivity contribution in [2.45, 2.75) is 22.2 Å². The van der Waals surface area contributed by atoms with E-state index in [0.29, 0.717) is 0 Å². The van der Waals surface area contributed by atoms with Crippen molar-refractivity contribution in [3.8, 4) is 0 Å². The number of benzene rings is 1. The molecule has 0 atom stereocenters. The molecular weight excluding hydrogens is 459 g/mol. The summed E-state index contributed by atoms with van der Waals surface area (Å²) in [5, 5.41) is -7.24. The van der Waals surface area contributed by atoms with Crippen LogP contribution in [0.3, 0.4) is 0 Å². The van der Waals surface area contributed by atoms with Crippen molar-refractivity contribution in [2.24, 2.45) is 0 Å². The summed E-state index contributed by atoms with van der Waals surface area (Å²) in [5.41, 5.74) is 0. The van der Waals surface area contributed by atoms with E-state index in [2.05, 4.69) is 0 Å². The summed E-state index contributed by atoms with van der Waals surface area (Å²) in [5.74, 6) is -10.8. The Hall–Kier alpha value is -1.69. The molecule has 1 N–H and O–H groups in total. The van der Waals surface area contributed by atoms with Gasteiger partial charge in [-0.1, -0.05) is 0 Å². The zero-order valence-electron chi connectivity index (χ0n) is 11.7. The summed E-state index contributed by atoms with van der Waals surface area (Å²) in [7, 11) is -14.4. The van der Waals surface area contributed by atoms with Crippen LogP contribution in [0, 0.1) is 23.3 Å². The van der Waals surface area contributed by atoms with Crippen LogP contribution in [0.5, 0.6) is 0 Å². The highest BCUT2D eigenvalue weighted by Crippen LogP contribution is 2.49. The van der Waals surface area contributed by atoms with Crippen molar-refractivity contribution < 1.29 is 65.1 Å². The van der Waals surface area contributed by atoms with Crippen molar-refractivity contribution in [2.75, 3.05) is 0 Å². The summed E-state index contributed by atoms with van der Waals surface area (Å²) in [6.07, 6.45) is -14.6. The first-order valence-electron chi connectivity index (χ1n) is 5.64. The van der Waals surface area contributed by atoms with E-state index < -0.39 is 75.8 Å². The topological polar surface area (TPSA) is 80.3 Å². The van der Waals surface area contributed by atoms with Gasteiger partial charge in [-0.3, -0.25) is 0 Å². The van der Waals surface area contributed by atoms with Crippen LogP contribution in [0.1, 0.15) is 0 Å². The number of hydrogen-bond donors (Lipinski definition) is 1. The molecule has 0 bridgehead atoms. The second-order valence-corrected chi connectivity index (χ2v) is 8.13. The van der Waals surface area contributed by atoms with Gasteiger partial charge >= 0.3 is 17.4 Å². The lowest BCUT2D eigenvalue weighted by atomic mass is 10.3. The van der Waals surface area contributed by atoms with Crippen molar-refractivity contribution in [1.29, 1.82) is 0 Å². The average Bonchev–Trinajstić information content (AvgIpc) is 2.39. The molecular formula is C9H2F11NO4S2. The lowest BCUT2D eigenvalue weighted by Crippen LogP contribution is -2.62. The number of alkyl halides is 7. The van der Waals surface area contributed by atoms with E-state index in [-0.39, 0.29) is 0 Å². The molecule has 1 rings (SSSR count). The predicted octanol–water partition coefficient (Wildman–Crippen LogP) is 2.64. The molecule has 0 unspecified atom stereocenters. The van der Waals surface area contributed by atoms with Gasteiger partial charge in [-0.25, -0.2) is 38.8 Å². The molecule has 0 saturated heterocycles. The summed E-state index contributed by atoms with van der Waals surface area (Å²) in [6.45, 7) is 0. The highest BCUT2D eigenvalue weighted by Gasteiger charge is 2.81. The van der Waals surface area contributed by atoms with E-state index in [1.807, 2.05) is 0 Å². The van der Waals surface area contributed by atoms with Gasteiger partial charge in [-0.05, 0) is 0 Å². The van der Waals surface area contributed by atoms with Gasteiger partial charge in [0.05, 0.1) is 0 Å². The maximum absolute atomic E-state index is 13.5. The van der Waals surface area contributed by atoms with E-state index in [4.69, 9.17) is 0 Å². The molecule has 0 heterocycles. The molecule has 0 spiro atoms. The number of halogens is 11. The van der Waals surface area contributed by atoms with Crippen molar-refractivity contribution in [3.05, 3.63) is 29.3 Å². The molecule has 0 fully saturated rings. The number of sulfonamides is 2. The number of rotatable bonds is 4. The van der Waals surface area contributed by atoms with E-state index >= 15 is 0 Å². The number of nitrogens with one attached hydrogen (secondary N) is 1. The molecule has 1 aromatic rings. The molecule has 0 aromatic heterocycles. The fourth-order valence-electron chi connectivity index (χ4n) is 1.50. The van der Waals surface area contributed by atoms with Gasteiger partial charge < -0.3 is 0 Å². The minimum absolute atomic E-state index is 0.509. The SMILES string of the molecule is O=S(=O)(NS(=O)(=O)C(F)(C(F)(F)F)C(F)(F)F)c1c(F)cc(F)c(F)c1F. The molecule has 156 valence electrons. The van der Waals surface area contributed by atoms with E-state index in [1.54, 1.807) is 0 Å².